The SMILES string of the molecule is COC(=O)/C(C#N)=C/c1c2ccccc2cc2ccccc12. The van der Waals surface area contributed by atoms with Gasteiger partial charge in [0, 0.05) is 0 Å². The van der Waals surface area contributed by atoms with Crippen LogP contribution in [0.3, 0.4) is 0 Å². The van der Waals surface area contributed by atoms with Crippen molar-refractivity contribution in [1.82, 2.24) is 0 Å². The molecule has 106 valence electrons. The number of hydrogen-bond donors (Lipinski definition) is 0. The van der Waals surface area contributed by atoms with Crippen molar-refractivity contribution in [3.63, 3.8) is 0 Å². The molecule has 0 aliphatic heterocycles. The first-order valence-corrected chi connectivity index (χ1v) is 6.85. The van der Waals surface area contributed by atoms with Gasteiger partial charge in [0.1, 0.15) is 11.6 Å². The number of methoxy groups -OCH3 is 1. The maximum Gasteiger partial charge on any atom is 0.348 e. The Bertz CT molecular complexity index is 894. The first kappa shape index (κ1) is 13.8. The molecule has 3 heteroatoms. The van der Waals surface area contributed by atoms with Gasteiger partial charge in [-0.05, 0) is 39.3 Å². The highest BCUT2D eigenvalue weighted by atomic mass is 16.5. The summed E-state index contributed by atoms with van der Waals surface area (Å²) in [6.45, 7) is 0. The van der Waals surface area contributed by atoms with E-state index < -0.39 is 5.97 Å². The van der Waals surface area contributed by atoms with Crippen LogP contribution in [0.5, 0.6) is 0 Å². The van der Waals surface area contributed by atoms with Crippen LogP contribution in [0.1, 0.15) is 5.56 Å². The summed E-state index contributed by atoms with van der Waals surface area (Å²) in [7, 11) is 1.27. The molecule has 0 radical (unpaired) electrons. The van der Waals surface area contributed by atoms with Gasteiger partial charge in [0.2, 0.25) is 0 Å². The summed E-state index contributed by atoms with van der Waals surface area (Å²) in [5, 5.41) is 13.3. The smallest absolute Gasteiger partial charge is 0.348 e. The highest BCUT2D eigenvalue weighted by Crippen LogP contribution is 2.30. The number of benzene rings is 3. The van der Waals surface area contributed by atoms with Crippen molar-refractivity contribution in [2.24, 2.45) is 0 Å². The summed E-state index contributed by atoms with van der Waals surface area (Å²) in [6, 6.07) is 19.8. The zero-order valence-electron chi connectivity index (χ0n) is 12.0. The van der Waals surface area contributed by atoms with E-state index in [1.54, 1.807) is 6.08 Å². The lowest BCUT2D eigenvalue weighted by molar-refractivity contribution is -0.135. The Kier molecular flexibility index (Phi) is 3.59. The van der Waals surface area contributed by atoms with E-state index in [2.05, 4.69) is 10.8 Å². The molecule has 0 amide bonds. The highest BCUT2D eigenvalue weighted by molar-refractivity contribution is 6.10. The van der Waals surface area contributed by atoms with Gasteiger partial charge in [-0.3, -0.25) is 0 Å². The van der Waals surface area contributed by atoms with Gasteiger partial charge in [-0.2, -0.15) is 5.26 Å². The second kappa shape index (κ2) is 5.71. The molecule has 3 aromatic rings. The lowest BCUT2D eigenvalue weighted by atomic mass is 9.95. The third-order valence-corrected chi connectivity index (χ3v) is 3.63. The van der Waals surface area contributed by atoms with Crippen LogP contribution in [0, 0.1) is 11.3 Å². The molecule has 0 unspecified atom stereocenters. The maximum atomic E-state index is 11.7. The second-order valence-corrected chi connectivity index (χ2v) is 4.89. The minimum absolute atomic E-state index is 0.0102. The Morgan fingerprint density at radius 3 is 2.09 bits per heavy atom. The summed E-state index contributed by atoms with van der Waals surface area (Å²) >= 11 is 0. The van der Waals surface area contributed by atoms with Crippen LogP contribution in [-0.2, 0) is 9.53 Å². The fourth-order valence-corrected chi connectivity index (χ4v) is 2.60. The zero-order valence-corrected chi connectivity index (χ0v) is 12.0. The molecule has 0 saturated carbocycles. The van der Waals surface area contributed by atoms with Gasteiger partial charge in [0.15, 0.2) is 0 Å². The number of carbonyl (C=O) groups excluding carboxylic acids is 1. The Balaban J connectivity index is 2.41. The van der Waals surface area contributed by atoms with Crippen LogP contribution in [0.25, 0.3) is 27.6 Å². The molecule has 3 rings (SSSR count). The van der Waals surface area contributed by atoms with Crippen LogP contribution in [0.15, 0.2) is 60.2 Å². The van der Waals surface area contributed by atoms with Crippen molar-refractivity contribution < 1.29 is 9.53 Å². The Morgan fingerprint density at radius 2 is 1.59 bits per heavy atom. The number of nitriles is 1. The largest absolute Gasteiger partial charge is 0.465 e. The van der Waals surface area contributed by atoms with Gasteiger partial charge in [0.25, 0.3) is 0 Å². The first-order valence-electron chi connectivity index (χ1n) is 6.85. The van der Waals surface area contributed by atoms with Gasteiger partial charge < -0.3 is 4.74 Å². The Labute approximate surface area is 128 Å². The fourth-order valence-electron chi connectivity index (χ4n) is 2.60. The van der Waals surface area contributed by atoms with E-state index in [9.17, 15) is 10.1 Å². The van der Waals surface area contributed by atoms with Crippen LogP contribution in [0.2, 0.25) is 0 Å². The lowest BCUT2D eigenvalue weighted by Gasteiger charge is -2.08. The molecule has 0 aliphatic carbocycles. The number of rotatable bonds is 2. The highest BCUT2D eigenvalue weighted by Gasteiger charge is 2.12. The van der Waals surface area contributed by atoms with Crippen molar-refractivity contribution in [1.29, 1.82) is 5.26 Å². The molecule has 0 aliphatic rings. The van der Waals surface area contributed by atoms with E-state index in [1.165, 1.54) is 7.11 Å². The second-order valence-electron chi connectivity index (χ2n) is 4.89. The molecule has 0 saturated heterocycles. The third-order valence-electron chi connectivity index (χ3n) is 3.63. The molecule has 0 spiro atoms. The molecule has 0 fully saturated rings. The molecule has 0 bridgehead atoms. The van der Waals surface area contributed by atoms with Crippen LogP contribution < -0.4 is 0 Å². The summed E-state index contributed by atoms with van der Waals surface area (Å²) < 4.78 is 4.67. The van der Waals surface area contributed by atoms with E-state index in [0.29, 0.717) is 0 Å². The van der Waals surface area contributed by atoms with E-state index in [1.807, 2.05) is 54.6 Å². The van der Waals surface area contributed by atoms with Gasteiger partial charge in [-0.15, -0.1) is 0 Å². The molecule has 3 nitrogen and oxygen atoms in total. The van der Waals surface area contributed by atoms with Gasteiger partial charge >= 0.3 is 5.97 Å². The number of esters is 1. The van der Waals surface area contributed by atoms with Crippen LogP contribution in [-0.4, -0.2) is 13.1 Å². The van der Waals surface area contributed by atoms with Crippen molar-refractivity contribution in [3.05, 3.63) is 65.7 Å². The zero-order chi connectivity index (χ0) is 15.5. The summed E-state index contributed by atoms with van der Waals surface area (Å²) in [6.07, 6.45) is 1.61. The van der Waals surface area contributed by atoms with E-state index >= 15 is 0 Å². The van der Waals surface area contributed by atoms with Crippen LogP contribution >= 0.6 is 0 Å². The van der Waals surface area contributed by atoms with Crippen molar-refractivity contribution >= 4 is 33.6 Å². The van der Waals surface area contributed by atoms with Crippen molar-refractivity contribution in [2.75, 3.05) is 7.11 Å². The molecular weight excluding hydrogens is 274 g/mol. The Hall–Kier alpha value is -3.12. The van der Waals surface area contributed by atoms with Crippen molar-refractivity contribution in [3.8, 4) is 6.07 Å². The minimum Gasteiger partial charge on any atom is -0.465 e. The van der Waals surface area contributed by atoms with Gasteiger partial charge in [-0.1, -0.05) is 48.5 Å². The number of fused-ring (bicyclic) bond motifs is 2. The van der Waals surface area contributed by atoms with E-state index in [0.717, 1.165) is 27.1 Å². The average molecular weight is 287 g/mol. The van der Waals surface area contributed by atoms with E-state index in [-0.39, 0.29) is 5.57 Å². The van der Waals surface area contributed by atoms with Gasteiger partial charge in [-0.25, -0.2) is 4.79 Å². The molecular formula is C19H13NO2. The standard InChI is InChI=1S/C19H13NO2/c1-22-19(21)15(12-20)11-18-16-8-4-2-6-13(16)10-14-7-3-5-9-17(14)18/h2-11H,1H3/b15-11+. The number of nitrogens with zero attached hydrogens (tertiary/aromatic N) is 1. The fraction of sp³-hybridized carbons (Fsp3) is 0.0526. The monoisotopic (exact) mass is 287 g/mol. The van der Waals surface area contributed by atoms with Gasteiger partial charge in [0.05, 0.1) is 7.11 Å². The normalized spacial score (nSPS) is 11.4. The molecule has 0 N–H and O–H groups in total. The number of carbonyl (C=O) groups is 1. The lowest BCUT2D eigenvalue weighted by Crippen LogP contribution is -2.02. The summed E-state index contributed by atoms with van der Waals surface area (Å²) in [5.74, 6) is -0.625. The maximum absolute atomic E-state index is 11.7. The molecule has 3 aromatic carbocycles. The minimum atomic E-state index is -0.625. The predicted octanol–water partition coefficient (Wildman–Crippen LogP) is 4.07. The van der Waals surface area contributed by atoms with E-state index in [4.69, 9.17) is 0 Å². The topological polar surface area (TPSA) is 50.1 Å². The average Bonchev–Trinajstić information content (AvgIpc) is 2.58. The number of hydrogen-bond acceptors (Lipinski definition) is 3. The summed E-state index contributed by atoms with van der Waals surface area (Å²) in [5.41, 5.74) is 0.847. The summed E-state index contributed by atoms with van der Waals surface area (Å²) in [4.78, 5) is 11.7. The van der Waals surface area contributed by atoms with Crippen molar-refractivity contribution in [2.45, 2.75) is 0 Å². The third kappa shape index (κ3) is 2.32. The first-order chi connectivity index (χ1) is 10.7. The molecule has 0 aromatic heterocycles. The molecule has 22 heavy (non-hydrogen) atoms. The quantitative estimate of drug-likeness (QED) is 0.309. The molecule has 0 heterocycles. The number of ether oxygens (including phenoxy) is 1. The predicted molar refractivity (Wildman–Crippen MR) is 87.1 cm³/mol. The van der Waals surface area contributed by atoms with Crippen LogP contribution in [0.4, 0.5) is 0 Å². The molecule has 0 atom stereocenters. The Morgan fingerprint density at radius 1 is 1.05 bits per heavy atom.